The minimum Gasteiger partial charge on any atom is -0.307 e. The first-order valence-corrected chi connectivity index (χ1v) is 15.2. The normalized spacial score (nSPS) is 13.9. The molecule has 0 saturated heterocycles. The molecule has 3 nitrogen and oxygen atoms in total. The Hall–Kier alpha value is -5.19. The number of rotatable bonds is 2. The quantitative estimate of drug-likeness (QED) is 0.155. The van der Waals surface area contributed by atoms with Gasteiger partial charge in [0.15, 0.2) is 10.9 Å². The SMILES string of the molecule is O=c1c2ccccc2n2c3cc4c(cc3c(=O)c3cccc1c32)C(c1ccccc1)(c1ccccc1)c1ccccc1S4. The van der Waals surface area contributed by atoms with Crippen LogP contribution >= 0.6 is 11.8 Å². The maximum Gasteiger partial charge on any atom is 0.197 e. The zero-order chi connectivity index (χ0) is 28.7. The number of pyridine rings is 2. The molecule has 0 N–H and O–H groups in total. The fraction of sp³-hybridized carbons (Fsp3) is 0.0256. The van der Waals surface area contributed by atoms with E-state index in [0.717, 1.165) is 32.6 Å². The number of benzene rings is 6. The van der Waals surface area contributed by atoms with Gasteiger partial charge in [-0.15, -0.1) is 0 Å². The van der Waals surface area contributed by atoms with E-state index in [9.17, 15) is 9.59 Å². The molecule has 0 unspecified atom stereocenters. The van der Waals surface area contributed by atoms with E-state index in [1.807, 2.05) is 54.6 Å². The summed E-state index contributed by atoms with van der Waals surface area (Å²) in [5, 5.41) is 2.41. The first-order valence-electron chi connectivity index (χ1n) is 14.4. The summed E-state index contributed by atoms with van der Waals surface area (Å²) < 4.78 is 2.13. The third kappa shape index (κ3) is 3.16. The highest BCUT2D eigenvalue weighted by atomic mass is 32.2. The molecular formula is C39H23NO2S. The van der Waals surface area contributed by atoms with E-state index >= 15 is 0 Å². The lowest BCUT2D eigenvalue weighted by molar-refractivity contribution is 0.704. The van der Waals surface area contributed by atoms with Crippen LogP contribution in [0.4, 0.5) is 0 Å². The van der Waals surface area contributed by atoms with Crippen molar-refractivity contribution in [1.82, 2.24) is 4.40 Å². The third-order valence-electron chi connectivity index (χ3n) is 9.05. The van der Waals surface area contributed by atoms with Gasteiger partial charge in [0.2, 0.25) is 0 Å². The molecule has 2 aromatic heterocycles. The highest BCUT2D eigenvalue weighted by molar-refractivity contribution is 7.99. The molecule has 0 bridgehead atoms. The highest BCUT2D eigenvalue weighted by Gasteiger charge is 2.44. The first-order chi connectivity index (χ1) is 21.2. The van der Waals surface area contributed by atoms with Gasteiger partial charge >= 0.3 is 0 Å². The summed E-state index contributed by atoms with van der Waals surface area (Å²) >= 11 is 1.74. The van der Waals surface area contributed by atoms with Crippen molar-refractivity contribution in [2.75, 3.05) is 0 Å². The van der Waals surface area contributed by atoms with Crippen molar-refractivity contribution in [2.45, 2.75) is 15.2 Å². The van der Waals surface area contributed by atoms with Gasteiger partial charge in [-0.25, -0.2) is 0 Å². The van der Waals surface area contributed by atoms with Crippen molar-refractivity contribution in [3.8, 4) is 0 Å². The fourth-order valence-electron chi connectivity index (χ4n) is 7.28. The second-order valence-corrected chi connectivity index (χ2v) is 12.2. The lowest BCUT2D eigenvalue weighted by Crippen LogP contribution is -2.34. The molecule has 0 amide bonds. The van der Waals surface area contributed by atoms with Gasteiger partial charge in [-0.05, 0) is 64.7 Å². The maximum atomic E-state index is 14.4. The second kappa shape index (κ2) is 8.90. The maximum absolute atomic E-state index is 14.4. The van der Waals surface area contributed by atoms with Crippen molar-refractivity contribution in [3.05, 3.63) is 182 Å². The Balaban J connectivity index is 1.53. The summed E-state index contributed by atoms with van der Waals surface area (Å²) in [5.74, 6) is 0. The summed E-state index contributed by atoms with van der Waals surface area (Å²) in [4.78, 5) is 30.3. The predicted molar refractivity (Wildman–Crippen MR) is 176 cm³/mol. The number of nitrogens with zero attached hydrogens (tertiary/aromatic N) is 1. The smallest absolute Gasteiger partial charge is 0.197 e. The van der Waals surface area contributed by atoms with Gasteiger partial charge in [0.1, 0.15) is 0 Å². The van der Waals surface area contributed by atoms with Crippen LogP contribution in [0.5, 0.6) is 0 Å². The van der Waals surface area contributed by atoms with Crippen LogP contribution in [0.2, 0.25) is 0 Å². The van der Waals surface area contributed by atoms with Crippen LogP contribution in [-0.2, 0) is 5.41 Å². The molecular weight excluding hydrogens is 547 g/mol. The standard InChI is InChI=1S/C39H23NO2S/c41-37-26-16-7-9-20-32(26)40-33-23-35-31(22-29(33)38(42)28-18-11-17-27(37)36(28)40)39(24-12-3-1-4-13-24,25-14-5-2-6-15-25)30-19-8-10-21-34(30)43-35/h1-23H. The van der Waals surface area contributed by atoms with E-state index in [1.54, 1.807) is 11.8 Å². The summed E-state index contributed by atoms with van der Waals surface area (Å²) in [7, 11) is 0. The topological polar surface area (TPSA) is 38.5 Å². The average molecular weight is 570 g/mol. The molecule has 1 aliphatic rings. The molecule has 1 aliphatic heterocycles. The third-order valence-corrected chi connectivity index (χ3v) is 10.2. The Labute approximate surface area is 251 Å². The van der Waals surface area contributed by atoms with Gasteiger partial charge in [-0.3, -0.25) is 9.59 Å². The molecule has 8 aromatic rings. The summed E-state index contributed by atoms with van der Waals surface area (Å²) in [6, 6.07) is 47.4. The molecule has 0 spiro atoms. The molecule has 0 atom stereocenters. The fourth-order valence-corrected chi connectivity index (χ4v) is 8.49. The molecule has 9 rings (SSSR count). The van der Waals surface area contributed by atoms with Gasteiger partial charge < -0.3 is 4.40 Å². The van der Waals surface area contributed by atoms with Crippen molar-refractivity contribution >= 4 is 49.9 Å². The molecule has 43 heavy (non-hydrogen) atoms. The number of hydrogen-bond donors (Lipinski definition) is 0. The van der Waals surface area contributed by atoms with Gasteiger partial charge in [0.05, 0.1) is 22.0 Å². The van der Waals surface area contributed by atoms with E-state index in [1.165, 1.54) is 10.5 Å². The van der Waals surface area contributed by atoms with Crippen LogP contribution in [0.25, 0.3) is 38.1 Å². The van der Waals surface area contributed by atoms with E-state index in [0.29, 0.717) is 27.1 Å². The van der Waals surface area contributed by atoms with Crippen LogP contribution in [0.15, 0.2) is 159 Å². The zero-order valence-corrected chi connectivity index (χ0v) is 23.8. The Morgan fingerprint density at radius 1 is 0.465 bits per heavy atom. The number of aromatic nitrogens is 1. The van der Waals surface area contributed by atoms with Gasteiger partial charge in [0.25, 0.3) is 0 Å². The minimum atomic E-state index is -0.632. The molecule has 3 heterocycles. The first kappa shape index (κ1) is 24.4. The molecule has 6 aromatic carbocycles. The van der Waals surface area contributed by atoms with E-state index in [4.69, 9.17) is 0 Å². The molecule has 0 saturated carbocycles. The Bertz CT molecular complexity index is 2480. The summed E-state index contributed by atoms with van der Waals surface area (Å²) in [6.07, 6.45) is 0. The molecule has 0 radical (unpaired) electrons. The molecule has 0 aliphatic carbocycles. The summed E-state index contributed by atoms with van der Waals surface area (Å²) in [5.41, 5.74) is 6.14. The monoisotopic (exact) mass is 569 g/mol. The van der Waals surface area contributed by atoms with Gasteiger partial charge in [-0.2, -0.15) is 0 Å². The second-order valence-electron chi connectivity index (χ2n) is 11.2. The van der Waals surface area contributed by atoms with Crippen molar-refractivity contribution in [3.63, 3.8) is 0 Å². The number of hydrogen-bond acceptors (Lipinski definition) is 3. The van der Waals surface area contributed by atoms with Crippen LogP contribution in [0, 0.1) is 0 Å². The molecule has 4 heteroatoms. The van der Waals surface area contributed by atoms with Gasteiger partial charge in [0, 0.05) is 31.3 Å². The van der Waals surface area contributed by atoms with E-state index < -0.39 is 5.41 Å². The summed E-state index contributed by atoms with van der Waals surface area (Å²) in [6.45, 7) is 0. The lowest BCUT2D eigenvalue weighted by atomic mass is 9.64. The zero-order valence-electron chi connectivity index (χ0n) is 23.0. The van der Waals surface area contributed by atoms with Crippen LogP contribution in [0.1, 0.15) is 22.3 Å². The highest BCUT2D eigenvalue weighted by Crippen LogP contribution is 2.56. The predicted octanol–water partition coefficient (Wildman–Crippen LogP) is 8.40. The molecule has 0 fully saturated rings. The largest absolute Gasteiger partial charge is 0.307 e. The van der Waals surface area contributed by atoms with E-state index in [2.05, 4.69) is 89.3 Å². The Morgan fingerprint density at radius 3 is 1.77 bits per heavy atom. The van der Waals surface area contributed by atoms with Crippen molar-refractivity contribution < 1.29 is 0 Å². The molecule has 202 valence electrons. The van der Waals surface area contributed by atoms with Crippen LogP contribution in [0.3, 0.4) is 0 Å². The number of para-hydroxylation sites is 2. The number of fused-ring (bicyclic) bond motifs is 6. The average Bonchev–Trinajstić information content (AvgIpc) is 3.07. The Morgan fingerprint density at radius 2 is 1.05 bits per heavy atom. The van der Waals surface area contributed by atoms with E-state index in [-0.39, 0.29) is 10.9 Å². The Kier molecular flexibility index (Phi) is 5.06. The lowest BCUT2D eigenvalue weighted by Gasteiger charge is -2.42. The van der Waals surface area contributed by atoms with Gasteiger partial charge in [-0.1, -0.05) is 109 Å². The minimum absolute atomic E-state index is 0.0478. The van der Waals surface area contributed by atoms with Crippen molar-refractivity contribution in [1.29, 1.82) is 0 Å². The van der Waals surface area contributed by atoms with Crippen LogP contribution < -0.4 is 10.9 Å². The van der Waals surface area contributed by atoms with Crippen molar-refractivity contribution in [2.24, 2.45) is 0 Å². The van der Waals surface area contributed by atoms with Crippen LogP contribution in [-0.4, -0.2) is 4.40 Å².